The Morgan fingerprint density at radius 2 is 1.59 bits per heavy atom. The molecule has 1 aromatic carbocycles. The van der Waals surface area contributed by atoms with E-state index in [0.717, 1.165) is 41.9 Å². The summed E-state index contributed by atoms with van der Waals surface area (Å²) in [5.41, 5.74) is 3.14. The molecule has 150 valence electrons. The average Bonchev–Trinajstić information content (AvgIpc) is 2.68. The quantitative estimate of drug-likeness (QED) is 0.433. The SMILES string of the molecule is CC(=O)Oc1c(C(C)(C)C)cc2c(c1C(C)(C)C)CC1(CCCCCC1)O2. The normalized spacial score (nSPS) is 19.4. The molecule has 1 saturated carbocycles. The molecule has 1 aromatic rings. The van der Waals surface area contributed by atoms with Gasteiger partial charge < -0.3 is 9.47 Å². The molecular weight excluding hydrogens is 336 g/mol. The molecule has 27 heavy (non-hydrogen) atoms. The van der Waals surface area contributed by atoms with Crippen LogP contribution in [0, 0.1) is 0 Å². The van der Waals surface area contributed by atoms with E-state index in [4.69, 9.17) is 9.47 Å². The molecule has 1 spiro atoms. The van der Waals surface area contributed by atoms with E-state index in [0.29, 0.717) is 0 Å². The van der Waals surface area contributed by atoms with Gasteiger partial charge in [-0.05, 0) is 42.6 Å². The number of fused-ring (bicyclic) bond motifs is 1. The molecule has 3 heteroatoms. The fourth-order valence-electron chi connectivity index (χ4n) is 4.79. The lowest BCUT2D eigenvalue weighted by atomic mass is 9.75. The van der Waals surface area contributed by atoms with Crippen LogP contribution in [0.25, 0.3) is 0 Å². The van der Waals surface area contributed by atoms with E-state index in [9.17, 15) is 4.79 Å². The first-order chi connectivity index (χ1) is 12.4. The molecule has 2 aliphatic rings. The maximum atomic E-state index is 12.0. The number of carbonyl (C=O) groups is 1. The third-order valence-electron chi connectivity index (χ3n) is 5.99. The second-order valence-electron chi connectivity index (χ2n) is 10.6. The highest BCUT2D eigenvalue weighted by atomic mass is 16.5. The van der Waals surface area contributed by atoms with Crippen LogP contribution < -0.4 is 9.47 Å². The van der Waals surface area contributed by atoms with Crippen molar-refractivity contribution in [3.8, 4) is 11.5 Å². The van der Waals surface area contributed by atoms with Crippen molar-refractivity contribution >= 4 is 5.97 Å². The summed E-state index contributed by atoms with van der Waals surface area (Å²) >= 11 is 0. The van der Waals surface area contributed by atoms with Gasteiger partial charge in [0.15, 0.2) is 0 Å². The Kier molecular flexibility index (Phi) is 5.12. The highest BCUT2D eigenvalue weighted by Gasteiger charge is 2.44. The van der Waals surface area contributed by atoms with Gasteiger partial charge in [0.05, 0.1) is 0 Å². The maximum Gasteiger partial charge on any atom is 0.308 e. The molecule has 1 fully saturated rings. The number of ether oxygens (including phenoxy) is 2. The molecule has 3 nitrogen and oxygen atoms in total. The zero-order valence-electron chi connectivity index (χ0n) is 18.3. The van der Waals surface area contributed by atoms with Crippen LogP contribution in [0.15, 0.2) is 6.07 Å². The van der Waals surface area contributed by atoms with E-state index >= 15 is 0 Å². The largest absolute Gasteiger partial charge is 0.487 e. The second kappa shape index (κ2) is 6.83. The van der Waals surface area contributed by atoms with Gasteiger partial charge in [-0.1, -0.05) is 54.4 Å². The molecule has 3 rings (SSSR count). The monoisotopic (exact) mass is 372 g/mol. The predicted octanol–water partition coefficient (Wildman–Crippen LogP) is 6.23. The molecule has 0 atom stereocenters. The minimum absolute atomic E-state index is 0.0666. The summed E-state index contributed by atoms with van der Waals surface area (Å²) in [5, 5.41) is 0. The smallest absolute Gasteiger partial charge is 0.308 e. The van der Waals surface area contributed by atoms with Crippen molar-refractivity contribution < 1.29 is 14.3 Å². The molecular formula is C24H36O3. The van der Waals surface area contributed by atoms with Crippen molar-refractivity contribution in [2.45, 2.75) is 110 Å². The van der Waals surface area contributed by atoms with Gasteiger partial charge in [-0.2, -0.15) is 0 Å². The van der Waals surface area contributed by atoms with E-state index < -0.39 is 0 Å². The Balaban J connectivity index is 2.21. The summed E-state index contributed by atoms with van der Waals surface area (Å²) < 4.78 is 12.6. The van der Waals surface area contributed by atoms with Crippen LogP contribution in [0.5, 0.6) is 11.5 Å². The van der Waals surface area contributed by atoms with Crippen molar-refractivity contribution in [2.24, 2.45) is 0 Å². The van der Waals surface area contributed by atoms with Crippen molar-refractivity contribution in [1.82, 2.24) is 0 Å². The molecule has 0 amide bonds. The van der Waals surface area contributed by atoms with Gasteiger partial charge in [0.2, 0.25) is 0 Å². The van der Waals surface area contributed by atoms with Crippen molar-refractivity contribution in [1.29, 1.82) is 0 Å². The first-order valence-electron chi connectivity index (χ1n) is 10.5. The van der Waals surface area contributed by atoms with E-state index in [1.165, 1.54) is 38.2 Å². The Hall–Kier alpha value is -1.51. The summed E-state index contributed by atoms with van der Waals surface area (Å²) in [5.74, 6) is 1.52. The second-order valence-corrected chi connectivity index (χ2v) is 10.6. The molecule has 0 radical (unpaired) electrons. The Morgan fingerprint density at radius 3 is 2.07 bits per heavy atom. The highest BCUT2D eigenvalue weighted by molar-refractivity contribution is 5.72. The van der Waals surface area contributed by atoms with Crippen LogP contribution in [-0.2, 0) is 22.0 Å². The number of esters is 1. The lowest BCUT2D eigenvalue weighted by molar-refractivity contribution is -0.132. The summed E-state index contributed by atoms with van der Waals surface area (Å²) in [6.07, 6.45) is 8.27. The standard InChI is InChI=1S/C24H36O3/c1-16(25)26-21-18(22(2,3)4)14-19-17(20(21)23(5,6)7)15-24(27-19)12-10-8-9-11-13-24/h14H,8-13,15H2,1-7H3. The van der Waals surface area contributed by atoms with Crippen LogP contribution in [0.2, 0.25) is 0 Å². The lowest BCUT2D eigenvalue weighted by Crippen LogP contribution is -2.33. The molecule has 1 heterocycles. The number of hydrogen-bond donors (Lipinski definition) is 0. The maximum absolute atomic E-state index is 12.0. The first-order valence-corrected chi connectivity index (χ1v) is 10.5. The van der Waals surface area contributed by atoms with E-state index in [2.05, 4.69) is 47.6 Å². The number of benzene rings is 1. The minimum atomic E-state index is -0.256. The molecule has 0 bridgehead atoms. The van der Waals surface area contributed by atoms with Gasteiger partial charge >= 0.3 is 5.97 Å². The van der Waals surface area contributed by atoms with E-state index in [1.54, 1.807) is 0 Å². The van der Waals surface area contributed by atoms with Crippen LogP contribution in [0.1, 0.15) is 104 Å². The lowest BCUT2D eigenvalue weighted by Gasteiger charge is -2.30. The van der Waals surface area contributed by atoms with Gasteiger partial charge in [-0.25, -0.2) is 0 Å². The minimum Gasteiger partial charge on any atom is -0.487 e. The van der Waals surface area contributed by atoms with Crippen LogP contribution in [0.3, 0.4) is 0 Å². The van der Waals surface area contributed by atoms with Gasteiger partial charge in [-0.3, -0.25) is 4.79 Å². The summed E-state index contributed by atoms with van der Waals surface area (Å²) in [4.78, 5) is 12.0. The van der Waals surface area contributed by atoms with Crippen LogP contribution in [0.4, 0.5) is 0 Å². The Labute approximate surface area is 164 Å². The highest BCUT2D eigenvalue weighted by Crippen LogP contribution is 2.52. The zero-order chi connectivity index (χ0) is 20.0. The summed E-state index contributed by atoms with van der Waals surface area (Å²) in [6, 6.07) is 2.16. The van der Waals surface area contributed by atoms with E-state index in [-0.39, 0.29) is 22.4 Å². The fraction of sp³-hybridized carbons (Fsp3) is 0.708. The van der Waals surface area contributed by atoms with Gasteiger partial charge in [0.25, 0.3) is 0 Å². The summed E-state index contributed by atoms with van der Waals surface area (Å²) in [6.45, 7) is 14.6. The third-order valence-corrected chi connectivity index (χ3v) is 5.99. The Morgan fingerprint density at radius 1 is 1.00 bits per heavy atom. The summed E-state index contributed by atoms with van der Waals surface area (Å²) in [7, 11) is 0. The Bertz CT molecular complexity index is 723. The van der Waals surface area contributed by atoms with Crippen molar-refractivity contribution in [3.05, 3.63) is 22.8 Å². The number of carbonyl (C=O) groups excluding carboxylic acids is 1. The molecule has 0 unspecified atom stereocenters. The zero-order valence-corrected chi connectivity index (χ0v) is 18.3. The van der Waals surface area contributed by atoms with Crippen LogP contribution >= 0.6 is 0 Å². The first kappa shape index (κ1) is 20.2. The van der Waals surface area contributed by atoms with Gasteiger partial charge in [-0.15, -0.1) is 0 Å². The molecule has 0 N–H and O–H groups in total. The van der Waals surface area contributed by atoms with Crippen molar-refractivity contribution in [3.63, 3.8) is 0 Å². The average molecular weight is 373 g/mol. The molecule has 1 aliphatic heterocycles. The fourth-order valence-corrected chi connectivity index (χ4v) is 4.79. The van der Waals surface area contributed by atoms with Gasteiger partial charge in [0, 0.05) is 30.0 Å². The topological polar surface area (TPSA) is 35.5 Å². The molecule has 0 saturated heterocycles. The van der Waals surface area contributed by atoms with E-state index in [1.807, 2.05) is 0 Å². The van der Waals surface area contributed by atoms with Crippen molar-refractivity contribution in [2.75, 3.05) is 0 Å². The van der Waals surface area contributed by atoms with Gasteiger partial charge in [0.1, 0.15) is 17.1 Å². The van der Waals surface area contributed by atoms with Crippen LogP contribution in [-0.4, -0.2) is 11.6 Å². The predicted molar refractivity (Wildman–Crippen MR) is 110 cm³/mol. The molecule has 1 aliphatic carbocycles. The molecule has 0 aromatic heterocycles. The number of hydrogen-bond acceptors (Lipinski definition) is 3. The number of rotatable bonds is 1. The third kappa shape index (κ3) is 4.02.